The van der Waals surface area contributed by atoms with E-state index in [-0.39, 0.29) is 5.41 Å². The van der Waals surface area contributed by atoms with Gasteiger partial charge in [-0.05, 0) is 108 Å². The lowest BCUT2D eigenvalue weighted by molar-refractivity contribution is 0.624. The number of fused-ring (bicyclic) bond motifs is 9. The summed E-state index contributed by atoms with van der Waals surface area (Å²) in [6.07, 6.45) is 9.11. The molecule has 0 aliphatic heterocycles. The van der Waals surface area contributed by atoms with Crippen LogP contribution in [0.1, 0.15) is 75.0 Å². The van der Waals surface area contributed by atoms with Gasteiger partial charge < -0.3 is 5.32 Å². The van der Waals surface area contributed by atoms with Crippen molar-refractivity contribution in [1.82, 2.24) is 0 Å². The van der Waals surface area contributed by atoms with Crippen LogP contribution in [0.15, 0.2) is 230 Å². The molecule has 11 rings (SSSR count). The van der Waals surface area contributed by atoms with Crippen molar-refractivity contribution in [3.63, 3.8) is 0 Å². The van der Waals surface area contributed by atoms with Crippen molar-refractivity contribution in [2.24, 2.45) is 0 Å². The molecule has 0 saturated carbocycles. The van der Waals surface area contributed by atoms with Gasteiger partial charge in [0.2, 0.25) is 0 Å². The number of hydrogen-bond acceptors (Lipinski definition) is 1. The first-order chi connectivity index (χ1) is 29.5. The molecule has 0 radical (unpaired) electrons. The third kappa shape index (κ3) is 5.12. The summed E-state index contributed by atoms with van der Waals surface area (Å²) in [5, 5.41) is 3.54. The molecule has 8 aromatic rings. The van der Waals surface area contributed by atoms with E-state index in [1.807, 2.05) is 0 Å². The van der Waals surface area contributed by atoms with Crippen molar-refractivity contribution < 1.29 is 0 Å². The SMILES string of the molecule is CC1(C)c2ccccc2-c2ccc(\C=C3/C(=C\C=C\Nc4ccccc4)C4(c5ccccc53)c3ccccc3C(c3ccccc3)(c3ccccc3)c3ccccc34)cc21. The van der Waals surface area contributed by atoms with E-state index in [1.165, 1.54) is 83.5 Å². The maximum Gasteiger partial charge on any atom is 0.0720 e. The fraction of sp³-hybridized carbons (Fsp3) is 0.0847. The highest BCUT2D eigenvalue weighted by Crippen LogP contribution is 2.65. The number of nitrogens with one attached hydrogen (secondary N) is 1. The normalized spacial score (nSPS) is 17.2. The Morgan fingerprint density at radius 1 is 0.400 bits per heavy atom. The van der Waals surface area contributed by atoms with E-state index in [2.05, 4.69) is 250 Å². The Labute approximate surface area is 353 Å². The molecule has 286 valence electrons. The smallest absolute Gasteiger partial charge is 0.0720 e. The summed E-state index contributed by atoms with van der Waals surface area (Å²) in [6.45, 7) is 4.73. The average molecular weight is 768 g/mol. The third-order valence-corrected chi connectivity index (χ3v) is 13.5. The minimum Gasteiger partial charge on any atom is -0.362 e. The van der Waals surface area contributed by atoms with Crippen molar-refractivity contribution in [2.75, 3.05) is 5.32 Å². The summed E-state index contributed by atoms with van der Waals surface area (Å²) >= 11 is 0. The highest BCUT2D eigenvalue weighted by molar-refractivity contribution is 6.03. The number of rotatable bonds is 6. The minimum atomic E-state index is -0.619. The van der Waals surface area contributed by atoms with Gasteiger partial charge >= 0.3 is 0 Å². The van der Waals surface area contributed by atoms with Crippen LogP contribution in [0.5, 0.6) is 0 Å². The van der Waals surface area contributed by atoms with Gasteiger partial charge in [0.25, 0.3) is 0 Å². The molecule has 0 bridgehead atoms. The van der Waals surface area contributed by atoms with Gasteiger partial charge in [0.1, 0.15) is 0 Å². The molecule has 0 unspecified atom stereocenters. The number of para-hydroxylation sites is 1. The van der Waals surface area contributed by atoms with Crippen molar-refractivity contribution in [3.05, 3.63) is 291 Å². The highest BCUT2D eigenvalue weighted by Gasteiger charge is 2.57. The zero-order valence-corrected chi connectivity index (χ0v) is 33.9. The second-order valence-electron chi connectivity index (χ2n) is 16.9. The molecule has 1 heteroatoms. The first kappa shape index (κ1) is 35.9. The molecule has 8 aromatic carbocycles. The Morgan fingerprint density at radius 2 is 0.867 bits per heavy atom. The van der Waals surface area contributed by atoms with Crippen molar-refractivity contribution in [1.29, 1.82) is 0 Å². The van der Waals surface area contributed by atoms with E-state index in [9.17, 15) is 0 Å². The second kappa shape index (κ2) is 14.0. The number of benzene rings is 8. The zero-order chi connectivity index (χ0) is 40.3. The van der Waals surface area contributed by atoms with Crippen LogP contribution in [0.4, 0.5) is 5.69 Å². The lowest BCUT2D eigenvalue weighted by atomic mass is 9.51. The molecule has 1 N–H and O–H groups in total. The van der Waals surface area contributed by atoms with Gasteiger partial charge in [0, 0.05) is 17.3 Å². The van der Waals surface area contributed by atoms with E-state index in [0.29, 0.717) is 0 Å². The highest BCUT2D eigenvalue weighted by atomic mass is 14.8. The topological polar surface area (TPSA) is 12.0 Å². The van der Waals surface area contributed by atoms with Crippen molar-refractivity contribution in [2.45, 2.75) is 30.1 Å². The molecule has 0 aromatic heterocycles. The second-order valence-corrected chi connectivity index (χ2v) is 16.9. The van der Waals surface area contributed by atoms with Crippen molar-refractivity contribution in [3.8, 4) is 11.1 Å². The van der Waals surface area contributed by atoms with E-state index >= 15 is 0 Å². The first-order valence-electron chi connectivity index (χ1n) is 21.1. The monoisotopic (exact) mass is 767 g/mol. The van der Waals surface area contributed by atoms with Gasteiger partial charge in [-0.3, -0.25) is 0 Å². The molecule has 1 spiro atoms. The molecular weight excluding hydrogens is 723 g/mol. The van der Waals surface area contributed by atoms with Gasteiger partial charge in [-0.1, -0.05) is 214 Å². The zero-order valence-electron chi connectivity index (χ0n) is 33.9. The lowest BCUT2D eigenvalue weighted by Gasteiger charge is -2.50. The summed E-state index contributed by atoms with van der Waals surface area (Å²) in [4.78, 5) is 0. The number of allylic oxidation sites excluding steroid dienone is 4. The Bertz CT molecular complexity index is 2930. The maximum absolute atomic E-state index is 3.54. The summed E-state index contributed by atoms with van der Waals surface area (Å²) in [5.74, 6) is 0. The van der Waals surface area contributed by atoms with Crippen LogP contribution in [0.3, 0.4) is 0 Å². The Morgan fingerprint density at radius 3 is 1.47 bits per heavy atom. The summed E-state index contributed by atoms with van der Waals surface area (Å²) in [5.41, 5.74) is 19.2. The molecule has 0 saturated heterocycles. The molecule has 1 nitrogen and oxygen atoms in total. The Hall–Kier alpha value is -7.22. The van der Waals surface area contributed by atoms with E-state index < -0.39 is 10.8 Å². The van der Waals surface area contributed by atoms with E-state index in [0.717, 1.165) is 5.69 Å². The molecule has 3 aliphatic carbocycles. The molecule has 3 aliphatic rings. The molecule has 0 fully saturated rings. The van der Waals surface area contributed by atoms with Crippen LogP contribution in [-0.2, 0) is 16.2 Å². The van der Waals surface area contributed by atoms with Gasteiger partial charge in [0.05, 0.1) is 10.8 Å². The summed E-state index contributed by atoms with van der Waals surface area (Å²) in [6, 6.07) is 76.3. The van der Waals surface area contributed by atoms with Gasteiger partial charge in [-0.2, -0.15) is 0 Å². The van der Waals surface area contributed by atoms with Crippen molar-refractivity contribution >= 4 is 17.3 Å². The van der Waals surface area contributed by atoms with Crippen LogP contribution < -0.4 is 5.32 Å². The first-order valence-corrected chi connectivity index (χ1v) is 21.1. The fourth-order valence-electron chi connectivity index (χ4n) is 11.0. The lowest BCUT2D eigenvalue weighted by Crippen LogP contribution is -2.44. The number of anilines is 1. The van der Waals surface area contributed by atoms with Crippen LogP contribution in [-0.4, -0.2) is 0 Å². The third-order valence-electron chi connectivity index (χ3n) is 13.5. The predicted molar refractivity (Wildman–Crippen MR) is 250 cm³/mol. The van der Waals surface area contributed by atoms with Gasteiger partial charge in [-0.15, -0.1) is 0 Å². The molecular formula is C59H45N. The molecule has 60 heavy (non-hydrogen) atoms. The standard InChI is InChI=1S/C59H45N/c1-57(2)49-29-14-12-27-45(49)47-37-36-41(40-56(47)57)39-48-46-28-13-15-30-50(46)59(51(48)35-20-38-60-44-25-10-5-11-26-44)54-33-18-16-31-52(54)58(42-21-6-3-7-22-42,43-23-8-4-9-24-43)53-32-17-19-34-55(53)59/h3-40,60H,1-2H3/b38-20+,48-39-,51-35+. The summed E-state index contributed by atoms with van der Waals surface area (Å²) < 4.78 is 0. The van der Waals surface area contributed by atoms with E-state index in [1.54, 1.807) is 0 Å². The molecule has 0 heterocycles. The van der Waals surface area contributed by atoms with Crippen LogP contribution >= 0.6 is 0 Å². The van der Waals surface area contributed by atoms with Crippen LogP contribution in [0.25, 0.3) is 22.8 Å². The predicted octanol–water partition coefficient (Wildman–Crippen LogP) is 14.1. The minimum absolute atomic E-state index is 0.0980. The Kier molecular flexibility index (Phi) is 8.36. The van der Waals surface area contributed by atoms with Crippen LogP contribution in [0.2, 0.25) is 0 Å². The molecule has 0 amide bonds. The van der Waals surface area contributed by atoms with Crippen LogP contribution in [0, 0.1) is 0 Å². The average Bonchev–Trinajstić information content (AvgIpc) is 3.70. The van der Waals surface area contributed by atoms with E-state index in [4.69, 9.17) is 0 Å². The quantitative estimate of drug-likeness (QED) is 0.178. The molecule has 0 atom stereocenters. The Balaban J connectivity index is 1.21. The number of hydrogen-bond donors (Lipinski definition) is 1. The summed E-state index contributed by atoms with van der Waals surface area (Å²) in [7, 11) is 0. The maximum atomic E-state index is 3.54. The fourth-order valence-corrected chi connectivity index (χ4v) is 11.0. The van der Waals surface area contributed by atoms with Gasteiger partial charge in [-0.25, -0.2) is 0 Å². The largest absolute Gasteiger partial charge is 0.362 e. The van der Waals surface area contributed by atoms with Gasteiger partial charge in [0.15, 0.2) is 0 Å².